The van der Waals surface area contributed by atoms with Crippen molar-refractivity contribution in [1.29, 1.82) is 0 Å². The van der Waals surface area contributed by atoms with Crippen molar-refractivity contribution in [2.45, 2.75) is 89.6 Å². The first-order chi connectivity index (χ1) is 19.7. The van der Waals surface area contributed by atoms with Gasteiger partial charge in [0.15, 0.2) is 0 Å². The van der Waals surface area contributed by atoms with Crippen LogP contribution in [0.4, 0.5) is 5.69 Å². The molecule has 3 aliphatic carbocycles. The molecule has 0 radical (unpaired) electrons. The Morgan fingerprint density at radius 2 is 1.76 bits per heavy atom. The van der Waals surface area contributed by atoms with Crippen LogP contribution in [0, 0.1) is 18.3 Å². The minimum Gasteiger partial charge on any atom is -0.497 e. The van der Waals surface area contributed by atoms with E-state index in [9.17, 15) is 9.59 Å². The molecular weight excluding hydrogens is 514 g/mol. The fraction of sp³-hybridized carbons (Fsp3) is 0.529. The van der Waals surface area contributed by atoms with Gasteiger partial charge in [-0.3, -0.25) is 9.59 Å². The number of hydrogen-bond acceptors (Lipinski definition) is 4. The molecule has 3 aliphatic rings. The zero-order valence-electron chi connectivity index (χ0n) is 25.0. The largest absolute Gasteiger partial charge is 0.497 e. The van der Waals surface area contributed by atoms with Gasteiger partial charge in [-0.2, -0.15) is 0 Å². The van der Waals surface area contributed by atoms with Gasteiger partial charge >= 0.3 is 0 Å². The Labute approximate surface area is 243 Å². The van der Waals surface area contributed by atoms with Crippen LogP contribution in [0.3, 0.4) is 0 Å². The van der Waals surface area contributed by atoms with Crippen LogP contribution in [0.1, 0.15) is 82.4 Å². The molecule has 2 unspecified atom stereocenters. The monoisotopic (exact) mass is 557 g/mol. The van der Waals surface area contributed by atoms with Crippen LogP contribution in [0.2, 0.25) is 0 Å². The minimum atomic E-state index is -0.841. The zero-order chi connectivity index (χ0) is 28.9. The first kappa shape index (κ1) is 27.7. The lowest BCUT2D eigenvalue weighted by Crippen LogP contribution is -2.61. The van der Waals surface area contributed by atoms with Crippen LogP contribution in [0.5, 0.6) is 11.5 Å². The summed E-state index contributed by atoms with van der Waals surface area (Å²) < 4.78 is 10.9. The molecule has 3 aromatic rings. The fourth-order valence-corrected chi connectivity index (χ4v) is 7.66. The van der Waals surface area contributed by atoms with E-state index in [1.165, 1.54) is 16.6 Å². The van der Waals surface area contributed by atoms with Crippen molar-refractivity contribution in [1.82, 2.24) is 9.88 Å². The Hall–Kier alpha value is -3.48. The summed E-state index contributed by atoms with van der Waals surface area (Å²) in [4.78, 5) is 34.2. The van der Waals surface area contributed by atoms with E-state index in [4.69, 9.17) is 9.47 Å². The number of carbonyl (C=O) groups excluding carboxylic acids is 2. The summed E-state index contributed by atoms with van der Waals surface area (Å²) in [5, 5.41) is 4.43. The van der Waals surface area contributed by atoms with E-state index in [-0.39, 0.29) is 29.2 Å². The Bertz CT molecular complexity index is 1460. The van der Waals surface area contributed by atoms with Gasteiger partial charge in [0.05, 0.1) is 19.9 Å². The van der Waals surface area contributed by atoms with E-state index >= 15 is 0 Å². The number of anilines is 1. The lowest BCUT2D eigenvalue weighted by molar-refractivity contribution is -0.149. The van der Waals surface area contributed by atoms with Crippen LogP contribution in [0.25, 0.3) is 10.9 Å². The number of H-pyrrole nitrogens is 1. The van der Waals surface area contributed by atoms with E-state index in [0.29, 0.717) is 42.4 Å². The number of carbonyl (C=O) groups is 2. The van der Waals surface area contributed by atoms with E-state index in [1.54, 1.807) is 20.3 Å². The predicted molar refractivity (Wildman–Crippen MR) is 162 cm³/mol. The molecular formula is C34H43N3O4. The van der Waals surface area contributed by atoms with Crippen LogP contribution >= 0.6 is 0 Å². The fourth-order valence-electron chi connectivity index (χ4n) is 7.66. The summed E-state index contributed by atoms with van der Waals surface area (Å²) in [6, 6.07) is 14.0. The Morgan fingerprint density at radius 1 is 1.02 bits per heavy atom. The molecule has 1 aromatic heterocycles. The number of aryl methyl sites for hydroxylation is 1. The third-order valence-electron chi connectivity index (χ3n) is 10.1. The molecule has 0 bridgehead atoms. The third kappa shape index (κ3) is 4.77. The number of nitrogens with zero attached hydrogens (tertiary/aromatic N) is 1. The summed E-state index contributed by atoms with van der Waals surface area (Å²) in [5.41, 5.74) is 3.46. The molecule has 3 saturated carbocycles. The number of aromatic amines is 1. The molecule has 2 atom stereocenters. The summed E-state index contributed by atoms with van der Waals surface area (Å²) in [6.07, 6.45) is 6.75. The van der Waals surface area contributed by atoms with Gasteiger partial charge in [-0.25, -0.2) is 0 Å². The Kier molecular flexibility index (Phi) is 7.03. The maximum Gasteiger partial charge on any atom is 0.250 e. The molecule has 2 N–H and O–H groups in total. The molecule has 2 amide bonds. The SMILES string of the molecule is COc1ccc(NC(=O)C2(N(C(=O)CC3C(c4c(C)[nH]c5ccccc45)C3(C)C)C3CC3)CCCCC2)c(OC)c1. The maximum absolute atomic E-state index is 14.4. The van der Waals surface area contributed by atoms with Crippen molar-refractivity contribution in [2.75, 3.05) is 19.5 Å². The van der Waals surface area contributed by atoms with E-state index in [1.807, 2.05) is 17.0 Å². The van der Waals surface area contributed by atoms with Crippen molar-refractivity contribution in [3.05, 3.63) is 53.7 Å². The van der Waals surface area contributed by atoms with Crippen LogP contribution in [0.15, 0.2) is 42.5 Å². The summed E-state index contributed by atoms with van der Waals surface area (Å²) in [5.74, 6) is 1.78. The van der Waals surface area contributed by atoms with E-state index in [2.05, 4.69) is 55.3 Å². The van der Waals surface area contributed by atoms with E-state index < -0.39 is 5.54 Å². The van der Waals surface area contributed by atoms with Crippen molar-refractivity contribution >= 4 is 28.4 Å². The van der Waals surface area contributed by atoms with Gasteiger partial charge in [0.2, 0.25) is 11.8 Å². The number of rotatable bonds is 9. The number of benzene rings is 2. The number of ether oxygens (including phenoxy) is 2. The second kappa shape index (κ2) is 10.4. The average Bonchev–Trinajstić information content (AvgIpc) is 3.86. The zero-order valence-corrected chi connectivity index (χ0v) is 25.0. The highest BCUT2D eigenvalue weighted by molar-refractivity contribution is 6.02. The number of para-hydroxylation sites is 1. The number of fused-ring (bicyclic) bond motifs is 1. The van der Waals surface area contributed by atoms with Crippen LogP contribution < -0.4 is 14.8 Å². The van der Waals surface area contributed by atoms with Gasteiger partial charge in [-0.1, -0.05) is 51.3 Å². The molecule has 0 saturated heterocycles. The number of nitrogens with one attached hydrogen (secondary N) is 2. The lowest BCUT2D eigenvalue weighted by Gasteiger charge is -2.45. The molecule has 41 heavy (non-hydrogen) atoms. The highest BCUT2D eigenvalue weighted by Crippen LogP contribution is 2.67. The first-order valence-corrected chi connectivity index (χ1v) is 15.1. The quantitative estimate of drug-likeness (QED) is 0.298. The van der Waals surface area contributed by atoms with Gasteiger partial charge in [-0.05, 0) is 73.6 Å². The molecule has 3 fully saturated rings. The normalized spacial score (nSPS) is 22.7. The van der Waals surface area contributed by atoms with Crippen LogP contribution in [-0.4, -0.2) is 47.5 Å². The standard InChI is InChI=1S/C34H43N3O4/c1-21-30(24-11-7-8-12-26(24)35-21)31-25(33(31,2)3)20-29(38)37(22-13-14-22)34(17-9-6-10-18-34)32(39)36-27-16-15-23(40-4)19-28(27)41-5/h7-8,11-12,15-16,19,22,25,31,35H,6,9-10,13-14,17-18,20H2,1-5H3,(H,36,39). The summed E-state index contributed by atoms with van der Waals surface area (Å²) >= 11 is 0. The predicted octanol–water partition coefficient (Wildman–Crippen LogP) is 6.96. The van der Waals surface area contributed by atoms with Gasteiger partial charge in [0.1, 0.15) is 17.0 Å². The number of amides is 2. The van der Waals surface area contributed by atoms with Crippen molar-refractivity contribution < 1.29 is 19.1 Å². The second-order valence-corrected chi connectivity index (χ2v) is 12.9. The van der Waals surface area contributed by atoms with Gasteiger partial charge in [0.25, 0.3) is 0 Å². The van der Waals surface area contributed by atoms with Crippen molar-refractivity contribution in [2.24, 2.45) is 11.3 Å². The smallest absolute Gasteiger partial charge is 0.250 e. The average molecular weight is 558 g/mol. The minimum absolute atomic E-state index is 0.0130. The molecule has 1 heterocycles. The van der Waals surface area contributed by atoms with Crippen molar-refractivity contribution in [3.63, 3.8) is 0 Å². The Balaban J connectivity index is 1.28. The summed E-state index contributed by atoms with van der Waals surface area (Å²) in [7, 11) is 3.19. The number of hydrogen-bond donors (Lipinski definition) is 2. The molecule has 6 rings (SSSR count). The molecule has 218 valence electrons. The van der Waals surface area contributed by atoms with Gasteiger partial charge in [-0.15, -0.1) is 0 Å². The van der Waals surface area contributed by atoms with Gasteiger partial charge < -0.3 is 24.7 Å². The van der Waals surface area contributed by atoms with Gasteiger partial charge in [0, 0.05) is 35.1 Å². The molecule has 7 heteroatoms. The first-order valence-electron chi connectivity index (χ1n) is 15.1. The molecule has 7 nitrogen and oxygen atoms in total. The molecule has 0 aliphatic heterocycles. The topological polar surface area (TPSA) is 83.7 Å². The summed E-state index contributed by atoms with van der Waals surface area (Å²) in [6.45, 7) is 6.72. The van der Waals surface area contributed by atoms with Crippen LogP contribution in [-0.2, 0) is 9.59 Å². The third-order valence-corrected chi connectivity index (χ3v) is 10.1. The number of methoxy groups -OCH3 is 2. The highest BCUT2D eigenvalue weighted by Gasteiger charge is 2.61. The number of aromatic nitrogens is 1. The highest BCUT2D eigenvalue weighted by atomic mass is 16.5. The molecule has 0 spiro atoms. The lowest BCUT2D eigenvalue weighted by atomic mass is 9.78. The van der Waals surface area contributed by atoms with Crippen molar-refractivity contribution in [3.8, 4) is 11.5 Å². The second-order valence-electron chi connectivity index (χ2n) is 12.9. The van der Waals surface area contributed by atoms with E-state index in [0.717, 1.165) is 37.6 Å². The molecule has 2 aromatic carbocycles. The maximum atomic E-state index is 14.4. The Morgan fingerprint density at radius 3 is 2.44 bits per heavy atom.